The highest BCUT2D eigenvalue weighted by Crippen LogP contribution is 2.44. The number of aliphatic carboxylic acids is 1. The molecule has 0 aromatic heterocycles. The molecule has 2 rings (SSSR count). The van der Waals surface area contributed by atoms with E-state index in [1.165, 1.54) is 18.2 Å². The van der Waals surface area contributed by atoms with E-state index < -0.39 is 17.2 Å². The molecule has 2 N–H and O–H groups in total. The van der Waals surface area contributed by atoms with Crippen LogP contribution in [0.4, 0.5) is 10.1 Å². The lowest BCUT2D eigenvalue weighted by molar-refractivity contribution is -0.140. The van der Waals surface area contributed by atoms with Crippen molar-refractivity contribution < 1.29 is 19.1 Å². The molecule has 0 spiro atoms. The smallest absolute Gasteiger partial charge is 0.303 e. The monoisotopic (exact) mass is 357 g/mol. The molecule has 6 heteroatoms. The van der Waals surface area contributed by atoms with Crippen molar-refractivity contribution in [2.45, 2.75) is 38.5 Å². The Morgan fingerprint density at radius 2 is 1.95 bits per heavy atom. The largest absolute Gasteiger partial charge is 0.481 e. The Labute approximate surface area is 130 Å². The zero-order valence-electron chi connectivity index (χ0n) is 11.5. The third-order valence-corrected chi connectivity index (χ3v) is 4.62. The van der Waals surface area contributed by atoms with Crippen molar-refractivity contribution in [3.05, 3.63) is 28.5 Å². The molecule has 0 atom stereocenters. The first-order valence-electron chi connectivity index (χ1n) is 6.87. The van der Waals surface area contributed by atoms with E-state index >= 15 is 0 Å². The normalized spacial score (nSPS) is 16.7. The molecule has 1 aromatic rings. The Bertz CT molecular complexity index is 556. The van der Waals surface area contributed by atoms with Crippen molar-refractivity contribution in [2.24, 2.45) is 5.41 Å². The van der Waals surface area contributed by atoms with Crippen LogP contribution >= 0.6 is 15.9 Å². The molecule has 21 heavy (non-hydrogen) atoms. The van der Waals surface area contributed by atoms with Gasteiger partial charge in [-0.05, 0) is 52.4 Å². The Morgan fingerprint density at radius 1 is 1.29 bits per heavy atom. The molecular formula is C15H17BrFNO3. The fraction of sp³-hybridized carbons (Fsp3) is 0.467. The zero-order valence-corrected chi connectivity index (χ0v) is 13.1. The first-order chi connectivity index (χ1) is 9.90. The van der Waals surface area contributed by atoms with Crippen LogP contribution < -0.4 is 5.32 Å². The number of anilines is 1. The average molecular weight is 358 g/mol. The lowest BCUT2D eigenvalue weighted by Gasteiger charge is -2.26. The molecule has 1 aliphatic rings. The predicted octanol–water partition coefficient (Wildman–Crippen LogP) is 3.95. The van der Waals surface area contributed by atoms with Gasteiger partial charge >= 0.3 is 5.97 Å². The van der Waals surface area contributed by atoms with Crippen molar-refractivity contribution in [1.82, 2.24) is 0 Å². The molecule has 4 nitrogen and oxygen atoms in total. The summed E-state index contributed by atoms with van der Waals surface area (Å²) in [7, 11) is 0. The highest BCUT2D eigenvalue weighted by atomic mass is 79.9. The molecule has 1 aliphatic carbocycles. The topological polar surface area (TPSA) is 66.4 Å². The summed E-state index contributed by atoms with van der Waals surface area (Å²) in [6, 6.07) is 4.05. The van der Waals surface area contributed by atoms with Crippen LogP contribution in [-0.4, -0.2) is 17.0 Å². The number of carboxylic acids is 1. The summed E-state index contributed by atoms with van der Waals surface area (Å²) < 4.78 is 13.8. The van der Waals surface area contributed by atoms with E-state index in [2.05, 4.69) is 21.2 Å². The predicted molar refractivity (Wildman–Crippen MR) is 80.5 cm³/mol. The van der Waals surface area contributed by atoms with Gasteiger partial charge in [0.25, 0.3) is 0 Å². The van der Waals surface area contributed by atoms with Crippen molar-refractivity contribution >= 4 is 33.5 Å². The molecule has 0 aliphatic heterocycles. The number of benzene rings is 1. The van der Waals surface area contributed by atoms with Gasteiger partial charge < -0.3 is 10.4 Å². The Balaban J connectivity index is 2.06. The van der Waals surface area contributed by atoms with Crippen LogP contribution in [0.2, 0.25) is 0 Å². The van der Waals surface area contributed by atoms with Crippen LogP contribution in [0.5, 0.6) is 0 Å². The van der Waals surface area contributed by atoms with E-state index in [1.807, 2.05) is 0 Å². The summed E-state index contributed by atoms with van der Waals surface area (Å²) in [5.74, 6) is -1.59. The third-order valence-electron chi connectivity index (χ3n) is 3.93. The number of carboxylic acid groups (broad SMARTS) is 1. The maximum atomic E-state index is 13.2. The van der Waals surface area contributed by atoms with Crippen LogP contribution in [0.1, 0.15) is 38.5 Å². The zero-order chi connectivity index (χ0) is 15.5. The lowest BCUT2D eigenvalue weighted by atomic mass is 9.79. The average Bonchev–Trinajstić information content (AvgIpc) is 2.80. The van der Waals surface area contributed by atoms with Gasteiger partial charge in [0.2, 0.25) is 5.91 Å². The number of hydrogen-bond donors (Lipinski definition) is 2. The molecule has 114 valence electrons. The SMILES string of the molecule is O=C(O)CC1(CC(=O)Nc2cc(F)ccc2Br)CCCC1. The number of carbonyl (C=O) groups is 2. The first kappa shape index (κ1) is 15.9. The Morgan fingerprint density at radius 3 is 2.57 bits per heavy atom. The summed E-state index contributed by atoms with van der Waals surface area (Å²) in [6.07, 6.45) is 3.55. The summed E-state index contributed by atoms with van der Waals surface area (Å²) in [4.78, 5) is 23.2. The van der Waals surface area contributed by atoms with Crippen LogP contribution in [0.3, 0.4) is 0 Å². The minimum Gasteiger partial charge on any atom is -0.481 e. The number of nitrogens with one attached hydrogen (secondary N) is 1. The number of halogens is 2. The second-order valence-electron chi connectivity index (χ2n) is 5.63. The van der Waals surface area contributed by atoms with Crippen LogP contribution in [-0.2, 0) is 9.59 Å². The molecule has 1 amide bonds. The third kappa shape index (κ3) is 4.27. The molecule has 1 fully saturated rings. The van der Waals surface area contributed by atoms with Crippen LogP contribution in [0, 0.1) is 11.2 Å². The summed E-state index contributed by atoms with van der Waals surface area (Å²) >= 11 is 3.25. The molecule has 0 saturated heterocycles. The quantitative estimate of drug-likeness (QED) is 0.838. The van der Waals surface area contributed by atoms with Gasteiger partial charge in [-0.25, -0.2) is 4.39 Å². The second-order valence-corrected chi connectivity index (χ2v) is 6.48. The van der Waals surface area contributed by atoms with E-state index in [1.54, 1.807) is 0 Å². The van der Waals surface area contributed by atoms with Crippen molar-refractivity contribution in [3.63, 3.8) is 0 Å². The molecule has 0 bridgehead atoms. The van der Waals surface area contributed by atoms with E-state index in [4.69, 9.17) is 5.11 Å². The van der Waals surface area contributed by atoms with Gasteiger partial charge in [0.05, 0.1) is 12.1 Å². The van der Waals surface area contributed by atoms with E-state index in [9.17, 15) is 14.0 Å². The van der Waals surface area contributed by atoms with Gasteiger partial charge in [0.15, 0.2) is 0 Å². The minimum absolute atomic E-state index is 0.00470. The molecule has 1 saturated carbocycles. The van der Waals surface area contributed by atoms with Crippen molar-refractivity contribution in [1.29, 1.82) is 0 Å². The fourth-order valence-electron chi connectivity index (χ4n) is 2.99. The van der Waals surface area contributed by atoms with Gasteiger partial charge in [-0.15, -0.1) is 0 Å². The minimum atomic E-state index is -0.878. The van der Waals surface area contributed by atoms with Gasteiger partial charge in [-0.3, -0.25) is 9.59 Å². The number of hydrogen-bond acceptors (Lipinski definition) is 2. The van der Waals surface area contributed by atoms with E-state index in [-0.39, 0.29) is 18.7 Å². The summed E-state index contributed by atoms with van der Waals surface area (Å²) in [5.41, 5.74) is -0.0983. The standard InChI is InChI=1S/C15H17BrFNO3/c16-11-4-3-10(17)7-12(11)18-13(19)8-15(9-14(20)21)5-1-2-6-15/h3-4,7H,1-2,5-6,8-9H2,(H,18,19)(H,20,21). The highest BCUT2D eigenvalue weighted by Gasteiger charge is 2.38. The number of amides is 1. The maximum absolute atomic E-state index is 13.2. The summed E-state index contributed by atoms with van der Waals surface area (Å²) in [5, 5.41) is 11.7. The maximum Gasteiger partial charge on any atom is 0.303 e. The van der Waals surface area contributed by atoms with E-state index in [0.717, 1.165) is 25.7 Å². The van der Waals surface area contributed by atoms with Gasteiger partial charge in [-0.2, -0.15) is 0 Å². The molecule has 0 unspecified atom stereocenters. The van der Waals surface area contributed by atoms with Crippen molar-refractivity contribution in [2.75, 3.05) is 5.32 Å². The molecule has 0 radical (unpaired) electrons. The van der Waals surface area contributed by atoms with E-state index in [0.29, 0.717) is 10.2 Å². The summed E-state index contributed by atoms with van der Waals surface area (Å²) in [6.45, 7) is 0. The van der Waals surface area contributed by atoms with Crippen LogP contribution in [0.25, 0.3) is 0 Å². The number of carbonyl (C=O) groups excluding carboxylic acids is 1. The highest BCUT2D eigenvalue weighted by molar-refractivity contribution is 9.10. The van der Waals surface area contributed by atoms with Crippen LogP contribution in [0.15, 0.2) is 22.7 Å². The van der Waals surface area contributed by atoms with Crippen molar-refractivity contribution in [3.8, 4) is 0 Å². The number of rotatable bonds is 5. The lowest BCUT2D eigenvalue weighted by Crippen LogP contribution is -2.27. The molecule has 1 aromatic carbocycles. The second kappa shape index (κ2) is 6.56. The Kier molecular flexibility index (Phi) is 4.98. The van der Waals surface area contributed by atoms with Gasteiger partial charge in [0, 0.05) is 10.9 Å². The fourth-order valence-corrected chi connectivity index (χ4v) is 3.34. The molecular weight excluding hydrogens is 341 g/mol. The first-order valence-corrected chi connectivity index (χ1v) is 7.66. The molecule has 0 heterocycles. The van der Waals surface area contributed by atoms with Gasteiger partial charge in [-0.1, -0.05) is 12.8 Å². The Hall–Kier alpha value is -1.43. The van der Waals surface area contributed by atoms with Gasteiger partial charge in [0.1, 0.15) is 5.82 Å².